The Kier molecular flexibility index (Phi) is 5.44. The summed E-state index contributed by atoms with van der Waals surface area (Å²) in [5.74, 6) is -0.598. The number of ether oxygens (including phenoxy) is 1. The van der Waals surface area contributed by atoms with Gasteiger partial charge in [-0.05, 0) is 56.7 Å². The van der Waals surface area contributed by atoms with Gasteiger partial charge in [0, 0.05) is 22.6 Å². The van der Waals surface area contributed by atoms with Gasteiger partial charge in [0.05, 0.1) is 25.2 Å². The van der Waals surface area contributed by atoms with E-state index in [4.69, 9.17) is 9.15 Å². The maximum atomic E-state index is 12.0. The second-order valence-corrected chi connectivity index (χ2v) is 6.28. The van der Waals surface area contributed by atoms with E-state index in [2.05, 4.69) is 10.5 Å². The number of aromatic nitrogens is 1. The molecule has 1 aromatic carbocycles. The molecule has 3 rings (SSSR count). The Morgan fingerprint density at radius 3 is 2.64 bits per heavy atom. The molecule has 0 radical (unpaired) electrons. The first-order chi connectivity index (χ1) is 13.4. The van der Waals surface area contributed by atoms with Crippen LogP contribution < -0.4 is 5.43 Å². The number of hydrogen-bond donors (Lipinski definition) is 1. The Morgan fingerprint density at radius 1 is 1.18 bits per heavy atom. The van der Waals surface area contributed by atoms with Crippen LogP contribution in [0.3, 0.4) is 0 Å². The molecule has 28 heavy (non-hydrogen) atoms. The van der Waals surface area contributed by atoms with Crippen LogP contribution in [0.2, 0.25) is 0 Å². The molecule has 0 aliphatic heterocycles. The lowest BCUT2D eigenvalue weighted by Crippen LogP contribution is -2.16. The zero-order valence-electron chi connectivity index (χ0n) is 16.1. The largest absolute Gasteiger partial charge is 0.465 e. The average Bonchev–Trinajstić information content (AvgIpc) is 3.31. The summed E-state index contributed by atoms with van der Waals surface area (Å²) in [6.07, 6.45) is 3.01. The number of carbonyl (C=O) groups excluding carboxylic acids is 2. The van der Waals surface area contributed by atoms with Crippen molar-refractivity contribution in [3.05, 3.63) is 76.5 Å². The molecule has 0 unspecified atom stereocenters. The molecule has 7 heteroatoms. The van der Waals surface area contributed by atoms with E-state index in [-0.39, 0.29) is 11.7 Å². The minimum atomic E-state index is -0.420. The summed E-state index contributed by atoms with van der Waals surface area (Å²) in [6, 6.07) is 10.7. The van der Waals surface area contributed by atoms with Gasteiger partial charge in [0.2, 0.25) is 0 Å². The SMILES string of the molecule is COC(=O)c1cccc(-n2c(C)cc(/C=N\NC(=O)c3ccco3)c2C)c1C. The summed E-state index contributed by atoms with van der Waals surface area (Å²) in [7, 11) is 1.37. The highest BCUT2D eigenvalue weighted by molar-refractivity contribution is 5.93. The highest BCUT2D eigenvalue weighted by Crippen LogP contribution is 2.25. The molecule has 7 nitrogen and oxygen atoms in total. The molecule has 0 aliphatic rings. The van der Waals surface area contributed by atoms with Gasteiger partial charge in [0.15, 0.2) is 5.76 Å². The number of amides is 1. The molecule has 1 N–H and O–H groups in total. The van der Waals surface area contributed by atoms with Crippen molar-refractivity contribution in [2.75, 3.05) is 7.11 Å². The van der Waals surface area contributed by atoms with E-state index >= 15 is 0 Å². The Labute approximate surface area is 162 Å². The third-order valence-electron chi connectivity index (χ3n) is 4.54. The molecule has 144 valence electrons. The van der Waals surface area contributed by atoms with Crippen molar-refractivity contribution in [3.63, 3.8) is 0 Å². The van der Waals surface area contributed by atoms with E-state index < -0.39 is 5.91 Å². The molecular weight excluding hydrogens is 358 g/mol. The fourth-order valence-corrected chi connectivity index (χ4v) is 3.11. The smallest absolute Gasteiger partial charge is 0.338 e. The number of hydrogen-bond acceptors (Lipinski definition) is 5. The maximum absolute atomic E-state index is 12.0. The summed E-state index contributed by atoms with van der Waals surface area (Å²) in [5.41, 5.74) is 7.42. The zero-order chi connectivity index (χ0) is 20.3. The summed E-state index contributed by atoms with van der Waals surface area (Å²) in [6.45, 7) is 5.81. The Hall–Kier alpha value is -3.61. The molecule has 0 saturated heterocycles. The monoisotopic (exact) mass is 379 g/mol. The van der Waals surface area contributed by atoms with Crippen molar-refractivity contribution in [1.82, 2.24) is 9.99 Å². The van der Waals surface area contributed by atoms with Gasteiger partial charge in [0.1, 0.15) is 0 Å². The molecule has 0 saturated carbocycles. The first-order valence-electron chi connectivity index (χ1n) is 8.68. The molecule has 2 aromatic heterocycles. The standard InChI is InChI=1S/C21H21N3O4/c1-13-11-16(12-22-23-20(25)19-9-6-10-28-19)15(3)24(13)18-8-5-7-17(14(18)2)21(26)27-4/h5-12H,1-4H3,(H,23,25)/b22-12-. The molecule has 0 atom stereocenters. The van der Waals surface area contributed by atoms with E-state index in [0.29, 0.717) is 5.56 Å². The highest BCUT2D eigenvalue weighted by atomic mass is 16.5. The van der Waals surface area contributed by atoms with Crippen LogP contribution in [0, 0.1) is 20.8 Å². The molecule has 3 aromatic rings. The molecule has 0 bridgehead atoms. The van der Waals surface area contributed by atoms with Crippen molar-refractivity contribution in [1.29, 1.82) is 0 Å². The number of hydrazone groups is 1. The number of nitrogens with one attached hydrogen (secondary N) is 1. The summed E-state index contributed by atoms with van der Waals surface area (Å²) < 4.78 is 11.9. The van der Waals surface area contributed by atoms with Gasteiger partial charge >= 0.3 is 11.9 Å². The second kappa shape index (κ2) is 7.96. The predicted molar refractivity (Wildman–Crippen MR) is 105 cm³/mol. The highest BCUT2D eigenvalue weighted by Gasteiger charge is 2.16. The fraction of sp³-hybridized carbons (Fsp3) is 0.190. The van der Waals surface area contributed by atoms with E-state index in [0.717, 1.165) is 28.2 Å². The van der Waals surface area contributed by atoms with Crippen LogP contribution in [0.1, 0.15) is 43.4 Å². The van der Waals surface area contributed by atoms with E-state index in [1.807, 2.05) is 43.5 Å². The normalized spacial score (nSPS) is 11.0. The van der Waals surface area contributed by atoms with Gasteiger partial charge in [-0.2, -0.15) is 5.10 Å². The topological polar surface area (TPSA) is 85.8 Å². The van der Waals surface area contributed by atoms with Crippen molar-refractivity contribution < 1.29 is 18.7 Å². The van der Waals surface area contributed by atoms with Gasteiger partial charge < -0.3 is 13.7 Å². The number of esters is 1. The van der Waals surface area contributed by atoms with Crippen LogP contribution in [0.25, 0.3) is 5.69 Å². The van der Waals surface area contributed by atoms with Crippen LogP contribution >= 0.6 is 0 Å². The van der Waals surface area contributed by atoms with Crippen molar-refractivity contribution >= 4 is 18.1 Å². The van der Waals surface area contributed by atoms with Gasteiger partial charge in [-0.25, -0.2) is 10.2 Å². The lowest BCUT2D eigenvalue weighted by molar-refractivity contribution is 0.0599. The number of benzene rings is 1. The number of rotatable bonds is 5. The van der Waals surface area contributed by atoms with Crippen LogP contribution in [-0.2, 0) is 4.74 Å². The lowest BCUT2D eigenvalue weighted by atomic mass is 10.1. The van der Waals surface area contributed by atoms with E-state index in [9.17, 15) is 9.59 Å². The summed E-state index contributed by atoms with van der Waals surface area (Å²) in [4.78, 5) is 23.9. The predicted octanol–water partition coefficient (Wildman–Crippen LogP) is 3.55. The number of aryl methyl sites for hydroxylation is 1. The number of nitrogens with zero attached hydrogens (tertiary/aromatic N) is 2. The summed E-state index contributed by atoms with van der Waals surface area (Å²) >= 11 is 0. The first-order valence-corrected chi connectivity index (χ1v) is 8.68. The number of furan rings is 1. The minimum Gasteiger partial charge on any atom is -0.465 e. The van der Waals surface area contributed by atoms with Gasteiger partial charge in [-0.15, -0.1) is 0 Å². The van der Waals surface area contributed by atoms with Crippen molar-refractivity contribution in [2.24, 2.45) is 5.10 Å². The van der Waals surface area contributed by atoms with E-state index in [1.165, 1.54) is 13.4 Å². The molecule has 0 aliphatic carbocycles. The van der Waals surface area contributed by atoms with Crippen molar-refractivity contribution in [3.8, 4) is 5.69 Å². The van der Waals surface area contributed by atoms with Crippen molar-refractivity contribution in [2.45, 2.75) is 20.8 Å². The summed E-state index contributed by atoms with van der Waals surface area (Å²) in [5, 5.41) is 4.02. The van der Waals surface area contributed by atoms with Gasteiger partial charge in [-0.1, -0.05) is 6.07 Å². The minimum absolute atomic E-state index is 0.192. The molecule has 1 amide bonds. The molecule has 0 spiro atoms. The number of carbonyl (C=O) groups is 2. The zero-order valence-corrected chi connectivity index (χ0v) is 16.1. The molecule has 2 heterocycles. The Morgan fingerprint density at radius 2 is 1.96 bits per heavy atom. The van der Waals surface area contributed by atoms with Gasteiger partial charge in [0.25, 0.3) is 0 Å². The lowest BCUT2D eigenvalue weighted by Gasteiger charge is -2.15. The molecular formula is C21H21N3O4. The third-order valence-corrected chi connectivity index (χ3v) is 4.54. The van der Waals surface area contributed by atoms with Crippen LogP contribution in [0.15, 0.2) is 52.2 Å². The molecule has 0 fully saturated rings. The Bertz CT molecular complexity index is 1050. The third kappa shape index (κ3) is 3.59. The van der Waals surface area contributed by atoms with Crippen LogP contribution in [0.4, 0.5) is 0 Å². The maximum Gasteiger partial charge on any atom is 0.338 e. The van der Waals surface area contributed by atoms with Gasteiger partial charge in [-0.3, -0.25) is 4.79 Å². The van der Waals surface area contributed by atoms with Crippen LogP contribution in [-0.4, -0.2) is 29.8 Å². The second-order valence-electron chi connectivity index (χ2n) is 6.28. The first kappa shape index (κ1) is 19.2. The fourth-order valence-electron chi connectivity index (χ4n) is 3.11. The number of methoxy groups -OCH3 is 1. The van der Waals surface area contributed by atoms with Crippen LogP contribution in [0.5, 0.6) is 0 Å². The van der Waals surface area contributed by atoms with E-state index in [1.54, 1.807) is 24.4 Å². The quantitative estimate of drug-likeness (QED) is 0.417. The average molecular weight is 379 g/mol. The Balaban J connectivity index is 1.90.